The van der Waals surface area contributed by atoms with E-state index in [0.717, 1.165) is 0 Å². The van der Waals surface area contributed by atoms with Crippen LogP contribution in [0.5, 0.6) is 0 Å². The Morgan fingerprint density at radius 3 is 2.21 bits per heavy atom. The van der Waals surface area contributed by atoms with Crippen LogP contribution in [0.4, 0.5) is 10.1 Å². The summed E-state index contributed by atoms with van der Waals surface area (Å²) < 4.78 is 26.5. The van der Waals surface area contributed by atoms with E-state index in [0.29, 0.717) is 16.7 Å². The van der Waals surface area contributed by atoms with E-state index < -0.39 is 24.1 Å². The van der Waals surface area contributed by atoms with Gasteiger partial charge in [0.2, 0.25) is 5.91 Å². The Kier molecular flexibility index (Phi) is 5.09. The van der Waals surface area contributed by atoms with Crippen molar-refractivity contribution in [2.75, 3.05) is 26.0 Å². The molecular formula is C17H26BFN2O3. The van der Waals surface area contributed by atoms with E-state index in [1.807, 2.05) is 27.7 Å². The number of hydrogen-bond donors (Lipinski definition) is 1. The standard InChI is InChI=1S/C17H26BFN2O3/c1-11-8-12(20-14(22)10-21(6)7)9-13(19)15(11)18-23-16(2,3)17(4,5)24-18/h8-9H,10H2,1-7H3,(H,20,22). The number of likely N-dealkylation sites (N-methyl/N-ethyl adjacent to an activating group) is 1. The molecule has 1 heterocycles. The molecule has 0 aromatic heterocycles. The first-order chi connectivity index (χ1) is 10.9. The molecule has 0 saturated carbocycles. The highest BCUT2D eigenvalue weighted by molar-refractivity contribution is 6.62. The van der Waals surface area contributed by atoms with Gasteiger partial charge in [-0.25, -0.2) is 4.39 Å². The Balaban J connectivity index is 2.24. The molecule has 24 heavy (non-hydrogen) atoms. The number of nitrogens with one attached hydrogen (secondary N) is 1. The molecule has 0 spiro atoms. The van der Waals surface area contributed by atoms with Crippen LogP contribution >= 0.6 is 0 Å². The Morgan fingerprint density at radius 1 is 1.21 bits per heavy atom. The number of amides is 1. The summed E-state index contributed by atoms with van der Waals surface area (Å²) in [5.74, 6) is -0.643. The third-order valence-electron chi connectivity index (χ3n) is 4.57. The smallest absolute Gasteiger partial charge is 0.399 e. The molecule has 7 heteroatoms. The highest BCUT2D eigenvalue weighted by atomic mass is 19.1. The molecule has 5 nitrogen and oxygen atoms in total. The SMILES string of the molecule is Cc1cc(NC(=O)CN(C)C)cc(F)c1B1OC(C)(C)C(C)(C)O1. The molecule has 1 aromatic rings. The topological polar surface area (TPSA) is 50.8 Å². The van der Waals surface area contributed by atoms with Crippen LogP contribution in [0.25, 0.3) is 0 Å². The fraction of sp³-hybridized carbons (Fsp3) is 0.588. The molecule has 0 bridgehead atoms. The minimum absolute atomic E-state index is 0.192. The van der Waals surface area contributed by atoms with E-state index in [1.165, 1.54) is 6.07 Å². The molecule has 0 aliphatic carbocycles. The monoisotopic (exact) mass is 336 g/mol. The number of hydrogen-bond acceptors (Lipinski definition) is 4. The first-order valence-corrected chi connectivity index (χ1v) is 8.03. The number of anilines is 1. The van der Waals surface area contributed by atoms with Crippen molar-refractivity contribution in [1.29, 1.82) is 0 Å². The lowest BCUT2D eigenvalue weighted by Gasteiger charge is -2.32. The molecule has 0 unspecified atom stereocenters. The number of halogens is 1. The van der Waals surface area contributed by atoms with Crippen molar-refractivity contribution in [2.45, 2.75) is 45.8 Å². The number of carbonyl (C=O) groups is 1. The second kappa shape index (κ2) is 6.46. The summed E-state index contributed by atoms with van der Waals surface area (Å²) in [5.41, 5.74) is 0.412. The summed E-state index contributed by atoms with van der Waals surface area (Å²) in [6.45, 7) is 9.73. The van der Waals surface area contributed by atoms with Crippen LogP contribution in [0.15, 0.2) is 12.1 Å². The van der Waals surface area contributed by atoms with Crippen LogP contribution in [0.1, 0.15) is 33.3 Å². The maximum Gasteiger partial charge on any atom is 0.498 e. The average Bonchev–Trinajstić information content (AvgIpc) is 2.55. The van der Waals surface area contributed by atoms with Crippen LogP contribution in [0, 0.1) is 12.7 Å². The third-order valence-corrected chi connectivity index (χ3v) is 4.57. The molecule has 1 aliphatic rings. The summed E-state index contributed by atoms with van der Waals surface area (Å²) in [6.07, 6.45) is 0. The number of aryl methyl sites for hydroxylation is 1. The Morgan fingerprint density at radius 2 is 1.75 bits per heavy atom. The molecule has 0 radical (unpaired) electrons. The van der Waals surface area contributed by atoms with Crippen molar-refractivity contribution in [3.8, 4) is 0 Å². The third kappa shape index (κ3) is 3.79. The van der Waals surface area contributed by atoms with E-state index in [9.17, 15) is 9.18 Å². The fourth-order valence-corrected chi connectivity index (χ4v) is 2.57. The number of rotatable bonds is 4. The summed E-state index contributed by atoms with van der Waals surface area (Å²) >= 11 is 0. The molecule has 1 aliphatic heterocycles. The van der Waals surface area contributed by atoms with Gasteiger partial charge in [-0.2, -0.15) is 0 Å². The predicted octanol–water partition coefficient (Wildman–Crippen LogP) is 1.93. The van der Waals surface area contributed by atoms with Gasteiger partial charge in [0.1, 0.15) is 5.82 Å². The van der Waals surface area contributed by atoms with Crippen LogP contribution in [-0.2, 0) is 14.1 Å². The molecule has 2 rings (SSSR count). The van der Waals surface area contributed by atoms with E-state index in [1.54, 1.807) is 32.0 Å². The van der Waals surface area contributed by atoms with Crippen LogP contribution in [0.3, 0.4) is 0 Å². The van der Waals surface area contributed by atoms with Crippen molar-refractivity contribution in [2.24, 2.45) is 0 Å². The van der Waals surface area contributed by atoms with Crippen molar-refractivity contribution in [3.63, 3.8) is 0 Å². The van der Waals surface area contributed by atoms with Crippen LogP contribution in [-0.4, -0.2) is 49.8 Å². The molecule has 0 atom stereocenters. The van der Waals surface area contributed by atoms with Gasteiger partial charge in [-0.3, -0.25) is 4.79 Å². The summed E-state index contributed by atoms with van der Waals surface area (Å²) in [6, 6.07) is 3.04. The quantitative estimate of drug-likeness (QED) is 0.854. The lowest BCUT2D eigenvalue weighted by atomic mass is 9.75. The van der Waals surface area contributed by atoms with E-state index >= 15 is 0 Å². The number of carbonyl (C=O) groups excluding carboxylic acids is 1. The van der Waals surface area contributed by atoms with Crippen molar-refractivity contribution < 1.29 is 18.5 Å². The largest absolute Gasteiger partial charge is 0.498 e. The predicted molar refractivity (Wildman–Crippen MR) is 94.0 cm³/mol. The Labute approximate surface area is 143 Å². The van der Waals surface area contributed by atoms with E-state index in [-0.39, 0.29) is 12.5 Å². The lowest BCUT2D eigenvalue weighted by Crippen LogP contribution is -2.41. The van der Waals surface area contributed by atoms with Gasteiger partial charge in [-0.1, -0.05) is 0 Å². The maximum absolute atomic E-state index is 14.7. The van der Waals surface area contributed by atoms with E-state index in [4.69, 9.17) is 9.31 Å². The second-order valence-electron chi connectivity index (χ2n) is 7.56. The normalized spacial score (nSPS) is 19.0. The number of nitrogens with zero attached hydrogens (tertiary/aromatic N) is 1. The average molecular weight is 336 g/mol. The minimum Gasteiger partial charge on any atom is -0.399 e. The summed E-state index contributed by atoms with van der Waals surface area (Å²) in [7, 11) is 2.83. The van der Waals surface area contributed by atoms with Gasteiger partial charge in [0.25, 0.3) is 0 Å². The van der Waals surface area contributed by atoms with Gasteiger partial charge in [0, 0.05) is 11.2 Å². The lowest BCUT2D eigenvalue weighted by molar-refractivity contribution is -0.116. The Hall–Kier alpha value is -1.44. The zero-order valence-corrected chi connectivity index (χ0v) is 15.5. The first kappa shape index (κ1) is 18.9. The number of benzene rings is 1. The fourth-order valence-electron chi connectivity index (χ4n) is 2.57. The molecule has 1 N–H and O–H groups in total. The molecule has 1 saturated heterocycles. The Bertz CT molecular complexity index is 608. The van der Waals surface area contributed by atoms with Crippen LogP contribution < -0.4 is 10.8 Å². The minimum atomic E-state index is -0.762. The van der Waals surface area contributed by atoms with Crippen molar-refractivity contribution >= 4 is 24.2 Å². The molecule has 1 amide bonds. The van der Waals surface area contributed by atoms with Crippen LogP contribution in [0.2, 0.25) is 0 Å². The van der Waals surface area contributed by atoms with Crippen molar-refractivity contribution in [3.05, 3.63) is 23.5 Å². The summed E-state index contributed by atoms with van der Waals surface area (Å²) in [4.78, 5) is 13.6. The zero-order valence-electron chi connectivity index (χ0n) is 15.5. The highest BCUT2D eigenvalue weighted by Crippen LogP contribution is 2.37. The van der Waals surface area contributed by atoms with Gasteiger partial charge in [-0.05, 0) is 66.4 Å². The van der Waals surface area contributed by atoms with Gasteiger partial charge < -0.3 is 19.5 Å². The maximum atomic E-state index is 14.7. The highest BCUT2D eigenvalue weighted by Gasteiger charge is 2.52. The summed E-state index contributed by atoms with van der Waals surface area (Å²) in [5, 5.41) is 2.70. The van der Waals surface area contributed by atoms with Crippen molar-refractivity contribution in [1.82, 2.24) is 4.90 Å². The van der Waals surface area contributed by atoms with Gasteiger partial charge in [0.15, 0.2) is 0 Å². The zero-order chi connectivity index (χ0) is 18.3. The second-order valence-corrected chi connectivity index (χ2v) is 7.56. The van der Waals surface area contributed by atoms with E-state index in [2.05, 4.69) is 5.32 Å². The van der Waals surface area contributed by atoms with Gasteiger partial charge >= 0.3 is 7.12 Å². The molecule has 1 aromatic carbocycles. The molecule has 1 fully saturated rings. The molecule has 132 valence electrons. The van der Waals surface area contributed by atoms with Gasteiger partial charge in [0.05, 0.1) is 17.7 Å². The molecular weight excluding hydrogens is 310 g/mol. The van der Waals surface area contributed by atoms with Gasteiger partial charge in [-0.15, -0.1) is 0 Å². The first-order valence-electron chi connectivity index (χ1n) is 8.03.